The normalized spacial score (nSPS) is 20.4. The Kier molecular flexibility index (Phi) is 6.52. The molecular formula is C25H29FN6O3. The molecule has 0 aliphatic carbocycles. The van der Waals surface area contributed by atoms with Crippen molar-refractivity contribution in [2.75, 3.05) is 18.8 Å². The average molecular weight is 481 g/mol. The van der Waals surface area contributed by atoms with E-state index in [0.29, 0.717) is 10.9 Å². The monoisotopic (exact) mass is 480 g/mol. The summed E-state index contributed by atoms with van der Waals surface area (Å²) < 4.78 is 28.7. The molecule has 1 aliphatic rings. The zero-order valence-electron chi connectivity index (χ0n) is 20.1. The first-order valence-electron chi connectivity index (χ1n) is 11.4. The van der Waals surface area contributed by atoms with Crippen LogP contribution in [0.4, 0.5) is 15.0 Å². The Morgan fingerprint density at radius 1 is 1.31 bits per heavy atom. The van der Waals surface area contributed by atoms with Gasteiger partial charge in [-0.25, -0.2) is 14.2 Å². The van der Waals surface area contributed by atoms with Crippen molar-refractivity contribution in [1.29, 1.82) is 5.26 Å². The number of halogens is 1. The Morgan fingerprint density at radius 2 is 2.06 bits per heavy atom. The number of carbonyl (C=O) groups is 1. The topological polar surface area (TPSA) is 119 Å². The van der Waals surface area contributed by atoms with Crippen LogP contribution in [-0.2, 0) is 16.9 Å². The summed E-state index contributed by atoms with van der Waals surface area (Å²) in [5, 5.41) is 14.5. The molecule has 10 heteroatoms. The van der Waals surface area contributed by atoms with Gasteiger partial charge in [-0.3, -0.25) is 4.68 Å². The highest BCUT2D eigenvalue weighted by molar-refractivity contribution is 5.93. The molecule has 3 aromatic rings. The minimum atomic E-state index is -1.58. The maximum absolute atomic E-state index is 15.9. The molecule has 1 saturated heterocycles. The maximum atomic E-state index is 15.9. The Morgan fingerprint density at radius 3 is 2.71 bits per heavy atom. The minimum Gasteiger partial charge on any atom is -0.472 e. The summed E-state index contributed by atoms with van der Waals surface area (Å²) >= 11 is 0. The molecule has 1 aromatic carbocycles. The van der Waals surface area contributed by atoms with Gasteiger partial charge >= 0.3 is 6.09 Å². The van der Waals surface area contributed by atoms with Crippen molar-refractivity contribution in [3.8, 4) is 11.9 Å². The van der Waals surface area contributed by atoms with E-state index in [9.17, 15) is 10.1 Å². The number of hydrogen-bond donors (Lipinski definition) is 1. The zero-order valence-corrected chi connectivity index (χ0v) is 20.1. The summed E-state index contributed by atoms with van der Waals surface area (Å²) in [4.78, 5) is 18.2. The standard InChI is InChI=1S/C25H29FN6O3/c1-24(2,3)35-23(33)31-14-11-25(10-12-27,19(26)15-31)32-18-9-13-29-22(20(18)21(28)30-32)34-16-17-7-5-4-6-8-17/h4-9,13,19H,10-11,14-16H2,1-3H3,(H2,28,30)/t19-,25-/m0/s1. The number of carbonyl (C=O) groups excluding carboxylic acids is 1. The van der Waals surface area contributed by atoms with Gasteiger partial charge in [0.25, 0.3) is 0 Å². The van der Waals surface area contributed by atoms with Gasteiger partial charge in [-0.2, -0.15) is 10.4 Å². The number of pyridine rings is 1. The smallest absolute Gasteiger partial charge is 0.410 e. The fourth-order valence-corrected chi connectivity index (χ4v) is 4.32. The van der Waals surface area contributed by atoms with Gasteiger partial charge in [-0.05, 0) is 38.8 Å². The van der Waals surface area contributed by atoms with Gasteiger partial charge < -0.3 is 20.1 Å². The van der Waals surface area contributed by atoms with E-state index in [4.69, 9.17) is 15.2 Å². The third-order valence-electron chi connectivity index (χ3n) is 6.04. The summed E-state index contributed by atoms with van der Waals surface area (Å²) in [5.74, 6) is 0.416. The number of rotatable bonds is 5. The van der Waals surface area contributed by atoms with Crippen LogP contribution in [0.5, 0.6) is 5.88 Å². The molecule has 1 fully saturated rings. The Hall–Kier alpha value is -3.87. The van der Waals surface area contributed by atoms with E-state index in [2.05, 4.69) is 16.2 Å². The zero-order chi connectivity index (χ0) is 25.2. The lowest BCUT2D eigenvalue weighted by Crippen LogP contribution is -2.56. The number of nitrogens with zero attached hydrogens (tertiary/aromatic N) is 5. The SMILES string of the molecule is CC(C)(C)OC(=O)N1CC[C@](CC#N)(n2nc(N)c3c(OCc4ccccc4)nccc32)[C@@H](F)C1. The lowest BCUT2D eigenvalue weighted by atomic mass is 9.83. The van der Waals surface area contributed by atoms with E-state index in [-0.39, 0.29) is 44.2 Å². The summed E-state index contributed by atoms with van der Waals surface area (Å²) in [6, 6.07) is 13.4. The first kappa shape index (κ1) is 24.3. The van der Waals surface area contributed by atoms with Crippen LogP contribution in [0.3, 0.4) is 0 Å². The van der Waals surface area contributed by atoms with Crippen molar-refractivity contribution < 1.29 is 18.7 Å². The summed E-state index contributed by atoms with van der Waals surface area (Å²) in [6.07, 6.45) is -0.595. The number of nitriles is 1. The molecule has 1 aliphatic heterocycles. The van der Waals surface area contributed by atoms with Crippen LogP contribution in [0, 0.1) is 11.3 Å². The van der Waals surface area contributed by atoms with Crippen LogP contribution in [0.1, 0.15) is 39.2 Å². The molecule has 2 atom stereocenters. The molecule has 0 radical (unpaired) electrons. The minimum absolute atomic E-state index is 0.134. The largest absolute Gasteiger partial charge is 0.472 e. The molecular weight excluding hydrogens is 451 g/mol. The van der Waals surface area contributed by atoms with Crippen molar-refractivity contribution in [3.63, 3.8) is 0 Å². The number of fused-ring (bicyclic) bond motifs is 1. The number of aromatic nitrogens is 3. The first-order valence-corrected chi connectivity index (χ1v) is 11.4. The number of amides is 1. The molecule has 0 unspecified atom stereocenters. The molecule has 4 rings (SSSR count). The highest BCUT2D eigenvalue weighted by atomic mass is 19.1. The van der Waals surface area contributed by atoms with Crippen molar-refractivity contribution in [2.45, 2.75) is 57.5 Å². The van der Waals surface area contributed by atoms with Crippen molar-refractivity contribution >= 4 is 22.8 Å². The predicted molar refractivity (Wildman–Crippen MR) is 128 cm³/mol. The Labute approximate surface area is 203 Å². The summed E-state index contributed by atoms with van der Waals surface area (Å²) in [5.41, 5.74) is 5.73. The number of anilines is 1. The van der Waals surface area contributed by atoms with Crippen molar-refractivity contribution in [1.82, 2.24) is 19.7 Å². The number of likely N-dealkylation sites (tertiary alicyclic amines) is 1. The highest BCUT2D eigenvalue weighted by Gasteiger charge is 2.48. The van der Waals surface area contributed by atoms with Gasteiger partial charge in [0.1, 0.15) is 29.3 Å². The quantitative estimate of drug-likeness (QED) is 0.582. The van der Waals surface area contributed by atoms with Crippen LogP contribution < -0.4 is 10.5 Å². The van der Waals surface area contributed by atoms with Gasteiger partial charge in [0.05, 0.1) is 24.6 Å². The number of nitrogens with two attached hydrogens (primary N) is 1. The Balaban J connectivity index is 1.66. The number of benzene rings is 1. The summed E-state index contributed by atoms with van der Waals surface area (Å²) in [6.45, 7) is 5.53. The van der Waals surface area contributed by atoms with Crippen LogP contribution >= 0.6 is 0 Å². The number of hydrogen-bond acceptors (Lipinski definition) is 7. The van der Waals surface area contributed by atoms with E-state index in [1.54, 1.807) is 33.0 Å². The van der Waals surface area contributed by atoms with Gasteiger partial charge in [0, 0.05) is 12.7 Å². The average Bonchev–Trinajstić information content (AvgIpc) is 3.16. The fraction of sp³-hybridized carbons (Fsp3) is 0.440. The lowest BCUT2D eigenvalue weighted by Gasteiger charge is -2.43. The molecule has 184 valence electrons. The number of alkyl halides is 1. The molecule has 9 nitrogen and oxygen atoms in total. The molecule has 0 saturated carbocycles. The van der Waals surface area contributed by atoms with Crippen molar-refractivity contribution in [2.24, 2.45) is 0 Å². The fourth-order valence-electron chi connectivity index (χ4n) is 4.32. The number of piperidine rings is 1. The Bertz CT molecular complexity index is 1250. The third-order valence-corrected chi connectivity index (χ3v) is 6.04. The second-order valence-electron chi connectivity index (χ2n) is 9.66. The van der Waals surface area contributed by atoms with E-state index in [0.717, 1.165) is 5.56 Å². The van der Waals surface area contributed by atoms with Gasteiger partial charge in [0.15, 0.2) is 5.82 Å². The van der Waals surface area contributed by atoms with Crippen LogP contribution in [0.2, 0.25) is 0 Å². The van der Waals surface area contributed by atoms with Crippen molar-refractivity contribution in [3.05, 3.63) is 48.2 Å². The molecule has 0 bridgehead atoms. The van der Waals surface area contributed by atoms with E-state index in [1.165, 1.54) is 9.58 Å². The molecule has 0 spiro atoms. The van der Waals surface area contributed by atoms with E-state index >= 15 is 4.39 Å². The second-order valence-corrected chi connectivity index (χ2v) is 9.66. The maximum Gasteiger partial charge on any atom is 0.410 e. The number of ether oxygens (including phenoxy) is 2. The van der Waals surface area contributed by atoms with Gasteiger partial charge in [-0.15, -0.1) is 0 Å². The van der Waals surface area contributed by atoms with Gasteiger partial charge in [0.2, 0.25) is 5.88 Å². The highest BCUT2D eigenvalue weighted by Crippen LogP contribution is 2.40. The summed E-state index contributed by atoms with van der Waals surface area (Å²) in [7, 11) is 0. The first-order chi connectivity index (χ1) is 16.6. The molecule has 2 N–H and O–H groups in total. The van der Waals surface area contributed by atoms with E-state index < -0.39 is 23.4 Å². The number of nitrogen functional groups attached to an aromatic ring is 1. The third kappa shape index (κ3) is 4.85. The molecule has 3 heterocycles. The predicted octanol–water partition coefficient (Wildman–Crippen LogP) is 4.18. The van der Waals surface area contributed by atoms with Crippen LogP contribution in [0.15, 0.2) is 42.6 Å². The molecule has 1 amide bonds. The molecule has 35 heavy (non-hydrogen) atoms. The second kappa shape index (κ2) is 9.41. The van der Waals surface area contributed by atoms with Crippen LogP contribution in [-0.4, -0.2) is 50.6 Å². The van der Waals surface area contributed by atoms with Gasteiger partial charge in [-0.1, -0.05) is 30.3 Å². The van der Waals surface area contributed by atoms with E-state index in [1.807, 2.05) is 30.3 Å². The molecule has 2 aromatic heterocycles. The van der Waals surface area contributed by atoms with Crippen LogP contribution in [0.25, 0.3) is 10.9 Å². The lowest BCUT2D eigenvalue weighted by molar-refractivity contribution is -0.0166.